The molecule has 100 valence electrons. The minimum absolute atomic E-state index is 0.262. The Hall–Kier alpha value is -0.740. The van der Waals surface area contributed by atoms with E-state index < -0.39 is 0 Å². The normalized spacial score (nSPS) is 12.0. The maximum absolute atomic E-state index is 11.7. The highest BCUT2D eigenvalue weighted by atomic mass is 79.9. The molecule has 0 heterocycles. The zero-order valence-corrected chi connectivity index (χ0v) is 12.8. The molecule has 1 N–H and O–H groups in total. The number of benzene rings is 1. The van der Waals surface area contributed by atoms with Gasteiger partial charge in [-0.25, -0.2) is 4.79 Å². The molecule has 1 aromatic rings. The molecule has 1 unspecified atom stereocenters. The molecule has 0 amide bonds. The van der Waals surface area contributed by atoms with Crippen LogP contribution in [0.2, 0.25) is 5.02 Å². The average molecular weight is 335 g/mol. The average Bonchev–Trinajstić information content (AvgIpc) is 2.36. The fourth-order valence-corrected chi connectivity index (χ4v) is 2.32. The lowest BCUT2D eigenvalue weighted by Crippen LogP contribution is -2.30. The molecule has 0 aliphatic carbocycles. The van der Waals surface area contributed by atoms with Crippen molar-refractivity contribution in [2.45, 2.75) is 32.2 Å². The first kappa shape index (κ1) is 15.3. The molecule has 0 aliphatic heterocycles. The van der Waals surface area contributed by atoms with Crippen LogP contribution in [0.15, 0.2) is 22.7 Å². The first-order valence-corrected chi connectivity index (χ1v) is 7.05. The molecule has 0 aromatic heterocycles. The van der Waals surface area contributed by atoms with Crippen LogP contribution in [0.5, 0.6) is 0 Å². The summed E-state index contributed by atoms with van der Waals surface area (Å²) in [7, 11) is 1.39. The van der Waals surface area contributed by atoms with Gasteiger partial charge >= 0.3 is 5.97 Å². The SMILES string of the molecule is CCCCC(Nc1ccc(Br)cc1Cl)C(=O)OC. The second kappa shape index (κ2) is 7.64. The van der Waals surface area contributed by atoms with E-state index in [0.29, 0.717) is 5.02 Å². The fourth-order valence-electron chi connectivity index (χ4n) is 1.59. The Morgan fingerprint density at radius 1 is 1.56 bits per heavy atom. The smallest absolute Gasteiger partial charge is 0.328 e. The third kappa shape index (κ3) is 4.50. The molecule has 0 spiro atoms. The van der Waals surface area contributed by atoms with Crippen LogP contribution in [0.4, 0.5) is 5.69 Å². The van der Waals surface area contributed by atoms with E-state index in [1.807, 2.05) is 12.1 Å². The van der Waals surface area contributed by atoms with Crippen molar-refractivity contribution in [1.82, 2.24) is 0 Å². The van der Waals surface area contributed by atoms with Crippen molar-refractivity contribution < 1.29 is 9.53 Å². The molecule has 1 aromatic carbocycles. The molecular weight excluding hydrogens is 318 g/mol. The summed E-state index contributed by atoms with van der Waals surface area (Å²) in [4.78, 5) is 11.7. The second-order valence-electron chi connectivity index (χ2n) is 3.99. The predicted molar refractivity (Wildman–Crippen MR) is 78.1 cm³/mol. The number of methoxy groups -OCH3 is 1. The van der Waals surface area contributed by atoms with Gasteiger partial charge in [0.1, 0.15) is 6.04 Å². The highest BCUT2D eigenvalue weighted by molar-refractivity contribution is 9.10. The highest BCUT2D eigenvalue weighted by Gasteiger charge is 2.19. The Labute approximate surface area is 121 Å². The molecule has 0 saturated heterocycles. The Kier molecular flexibility index (Phi) is 6.50. The number of nitrogens with one attached hydrogen (secondary N) is 1. The van der Waals surface area contributed by atoms with E-state index in [9.17, 15) is 4.79 Å². The number of halogens is 2. The highest BCUT2D eigenvalue weighted by Crippen LogP contribution is 2.26. The molecule has 3 nitrogen and oxygen atoms in total. The fraction of sp³-hybridized carbons (Fsp3) is 0.462. The number of carbonyl (C=O) groups is 1. The van der Waals surface area contributed by atoms with Crippen LogP contribution in [-0.2, 0) is 9.53 Å². The number of esters is 1. The van der Waals surface area contributed by atoms with Gasteiger partial charge in [0.2, 0.25) is 0 Å². The van der Waals surface area contributed by atoms with Crippen molar-refractivity contribution in [3.05, 3.63) is 27.7 Å². The largest absolute Gasteiger partial charge is 0.467 e. The van der Waals surface area contributed by atoms with Crippen LogP contribution in [-0.4, -0.2) is 19.1 Å². The van der Waals surface area contributed by atoms with Gasteiger partial charge in [-0.05, 0) is 24.6 Å². The number of ether oxygens (including phenoxy) is 1. The van der Waals surface area contributed by atoms with E-state index >= 15 is 0 Å². The Balaban J connectivity index is 2.78. The summed E-state index contributed by atoms with van der Waals surface area (Å²) < 4.78 is 5.70. The Morgan fingerprint density at radius 2 is 2.28 bits per heavy atom. The summed E-state index contributed by atoms with van der Waals surface area (Å²) in [6.07, 6.45) is 2.72. The molecule has 0 saturated carbocycles. The van der Waals surface area contributed by atoms with Crippen LogP contribution in [0.3, 0.4) is 0 Å². The molecule has 0 bridgehead atoms. The second-order valence-corrected chi connectivity index (χ2v) is 5.31. The van der Waals surface area contributed by atoms with Gasteiger partial charge in [0.05, 0.1) is 17.8 Å². The first-order valence-electron chi connectivity index (χ1n) is 5.88. The van der Waals surface area contributed by atoms with Crippen LogP contribution < -0.4 is 5.32 Å². The third-order valence-corrected chi connectivity index (χ3v) is 3.40. The van der Waals surface area contributed by atoms with Gasteiger partial charge in [-0.15, -0.1) is 0 Å². The summed E-state index contributed by atoms with van der Waals surface area (Å²) in [5, 5.41) is 3.71. The van der Waals surface area contributed by atoms with E-state index in [0.717, 1.165) is 29.4 Å². The summed E-state index contributed by atoms with van der Waals surface area (Å²) in [5.41, 5.74) is 0.742. The molecule has 5 heteroatoms. The number of rotatable bonds is 6. The number of unbranched alkanes of at least 4 members (excludes halogenated alkanes) is 1. The maximum atomic E-state index is 11.7. The molecule has 0 radical (unpaired) electrons. The minimum Gasteiger partial charge on any atom is -0.467 e. The van der Waals surface area contributed by atoms with Gasteiger partial charge in [-0.3, -0.25) is 0 Å². The van der Waals surface area contributed by atoms with Crippen molar-refractivity contribution in [2.75, 3.05) is 12.4 Å². The van der Waals surface area contributed by atoms with E-state index in [-0.39, 0.29) is 12.0 Å². The van der Waals surface area contributed by atoms with E-state index in [1.54, 1.807) is 6.07 Å². The van der Waals surface area contributed by atoms with Crippen LogP contribution in [0, 0.1) is 0 Å². The van der Waals surface area contributed by atoms with Gasteiger partial charge in [0.25, 0.3) is 0 Å². The number of anilines is 1. The third-order valence-electron chi connectivity index (χ3n) is 2.59. The van der Waals surface area contributed by atoms with E-state index in [1.165, 1.54) is 7.11 Å². The zero-order chi connectivity index (χ0) is 13.5. The molecule has 0 fully saturated rings. The summed E-state index contributed by atoms with van der Waals surface area (Å²) in [5.74, 6) is -0.262. The predicted octanol–water partition coefficient (Wildman–Crippen LogP) is 4.25. The Bertz CT molecular complexity index is 412. The molecule has 1 rings (SSSR count). The lowest BCUT2D eigenvalue weighted by Gasteiger charge is -2.18. The van der Waals surface area contributed by atoms with Crippen LogP contribution in [0.25, 0.3) is 0 Å². The van der Waals surface area contributed by atoms with Gasteiger partial charge < -0.3 is 10.1 Å². The van der Waals surface area contributed by atoms with Gasteiger partial charge in [-0.1, -0.05) is 47.3 Å². The van der Waals surface area contributed by atoms with Crippen molar-refractivity contribution in [3.63, 3.8) is 0 Å². The zero-order valence-electron chi connectivity index (χ0n) is 10.5. The van der Waals surface area contributed by atoms with Crippen molar-refractivity contribution in [2.24, 2.45) is 0 Å². The lowest BCUT2D eigenvalue weighted by molar-refractivity contribution is -0.141. The van der Waals surface area contributed by atoms with Gasteiger partial charge in [-0.2, -0.15) is 0 Å². The standard InChI is InChI=1S/C13H17BrClNO2/c1-3-4-5-12(13(17)18-2)16-11-7-6-9(14)8-10(11)15/h6-8,12,16H,3-5H2,1-2H3. The topological polar surface area (TPSA) is 38.3 Å². The van der Waals surface area contributed by atoms with Crippen LogP contribution in [0.1, 0.15) is 26.2 Å². The number of hydrogen-bond donors (Lipinski definition) is 1. The minimum atomic E-state index is -0.353. The van der Waals surface area contributed by atoms with Gasteiger partial charge in [0.15, 0.2) is 0 Å². The monoisotopic (exact) mass is 333 g/mol. The van der Waals surface area contributed by atoms with Crippen molar-refractivity contribution in [1.29, 1.82) is 0 Å². The number of carbonyl (C=O) groups excluding carboxylic acids is 1. The Morgan fingerprint density at radius 3 is 2.83 bits per heavy atom. The summed E-state index contributed by atoms with van der Waals surface area (Å²) in [6, 6.07) is 5.16. The maximum Gasteiger partial charge on any atom is 0.328 e. The van der Waals surface area contributed by atoms with Crippen molar-refractivity contribution in [3.8, 4) is 0 Å². The summed E-state index contributed by atoms with van der Waals surface area (Å²) in [6.45, 7) is 2.08. The number of hydrogen-bond acceptors (Lipinski definition) is 3. The van der Waals surface area contributed by atoms with Crippen LogP contribution >= 0.6 is 27.5 Å². The van der Waals surface area contributed by atoms with Crippen molar-refractivity contribution >= 4 is 39.2 Å². The lowest BCUT2D eigenvalue weighted by atomic mass is 10.1. The molecule has 18 heavy (non-hydrogen) atoms. The summed E-state index contributed by atoms with van der Waals surface area (Å²) >= 11 is 9.45. The molecular formula is C13H17BrClNO2. The quantitative estimate of drug-likeness (QED) is 0.791. The molecule has 1 atom stereocenters. The van der Waals surface area contributed by atoms with E-state index in [4.69, 9.17) is 16.3 Å². The molecule has 0 aliphatic rings. The van der Waals surface area contributed by atoms with E-state index in [2.05, 4.69) is 28.2 Å². The van der Waals surface area contributed by atoms with Gasteiger partial charge in [0, 0.05) is 4.47 Å². The first-order chi connectivity index (χ1) is 8.58.